The van der Waals surface area contributed by atoms with E-state index in [1.807, 2.05) is 20.8 Å². The van der Waals surface area contributed by atoms with Gasteiger partial charge in [0.05, 0.1) is 6.61 Å². The number of rotatable bonds is 3. The van der Waals surface area contributed by atoms with Gasteiger partial charge in [-0.15, -0.1) is 10.2 Å². The topological polar surface area (TPSA) is 64.5 Å². The lowest BCUT2D eigenvalue weighted by atomic mass is 9.99. The number of nitrogens with zero attached hydrogens (tertiary/aromatic N) is 3. The molecule has 1 aliphatic heterocycles. The van der Waals surface area contributed by atoms with E-state index in [2.05, 4.69) is 10.2 Å². The van der Waals surface area contributed by atoms with E-state index >= 15 is 0 Å². The number of likely N-dealkylation sites (tertiary alicyclic amines) is 1. The summed E-state index contributed by atoms with van der Waals surface area (Å²) in [5, 5.41) is 7.92. The van der Waals surface area contributed by atoms with Crippen molar-refractivity contribution in [1.82, 2.24) is 15.1 Å². The third kappa shape index (κ3) is 5.33. The lowest BCUT2D eigenvalue weighted by Crippen LogP contribution is -2.44. The van der Waals surface area contributed by atoms with Crippen LogP contribution in [0.25, 0.3) is 0 Å². The SMILES string of the molecule is CC(C)(C)OC(=O)N1CCCC(COc2ccc(Cl)nn2)C1. The summed E-state index contributed by atoms with van der Waals surface area (Å²) in [4.78, 5) is 13.8. The van der Waals surface area contributed by atoms with Gasteiger partial charge in [-0.1, -0.05) is 11.6 Å². The molecule has 2 rings (SSSR count). The first-order valence-corrected chi connectivity index (χ1v) is 7.81. The Kier molecular flexibility index (Phi) is 5.45. The van der Waals surface area contributed by atoms with Crippen molar-refractivity contribution in [3.05, 3.63) is 17.3 Å². The maximum absolute atomic E-state index is 12.1. The van der Waals surface area contributed by atoms with Gasteiger partial charge >= 0.3 is 6.09 Å². The van der Waals surface area contributed by atoms with Crippen molar-refractivity contribution in [2.24, 2.45) is 5.92 Å². The summed E-state index contributed by atoms with van der Waals surface area (Å²) in [5.74, 6) is 0.706. The molecule has 1 aromatic heterocycles. The molecule has 0 radical (unpaired) electrons. The quantitative estimate of drug-likeness (QED) is 0.853. The zero-order valence-electron chi connectivity index (χ0n) is 13.2. The molecule has 1 aliphatic rings. The van der Waals surface area contributed by atoms with Gasteiger partial charge in [-0.05, 0) is 39.7 Å². The van der Waals surface area contributed by atoms with Gasteiger partial charge in [0.25, 0.3) is 0 Å². The molecule has 1 unspecified atom stereocenters. The molecular formula is C15H22ClN3O3. The molecule has 1 amide bonds. The summed E-state index contributed by atoms with van der Waals surface area (Å²) >= 11 is 5.68. The van der Waals surface area contributed by atoms with E-state index in [0.717, 1.165) is 19.4 Å². The number of hydrogen-bond donors (Lipinski definition) is 0. The second kappa shape index (κ2) is 7.13. The number of hydrogen-bond acceptors (Lipinski definition) is 5. The number of ether oxygens (including phenoxy) is 2. The molecule has 1 aromatic rings. The smallest absolute Gasteiger partial charge is 0.410 e. The number of carbonyl (C=O) groups excluding carboxylic acids is 1. The van der Waals surface area contributed by atoms with E-state index in [1.54, 1.807) is 17.0 Å². The Labute approximate surface area is 135 Å². The molecule has 0 bridgehead atoms. The normalized spacial score (nSPS) is 18.9. The van der Waals surface area contributed by atoms with Gasteiger partial charge in [-0.25, -0.2) is 4.79 Å². The van der Waals surface area contributed by atoms with Gasteiger partial charge in [-0.2, -0.15) is 0 Å². The highest BCUT2D eigenvalue weighted by atomic mass is 35.5. The fourth-order valence-electron chi connectivity index (χ4n) is 2.28. The summed E-state index contributed by atoms with van der Waals surface area (Å²) in [6.07, 6.45) is 1.70. The molecular weight excluding hydrogens is 306 g/mol. The predicted molar refractivity (Wildman–Crippen MR) is 83.1 cm³/mol. The summed E-state index contributed by atoms with van der Waals surface area (Å²) < 4.78 is 11.0. The lowest BCUT2D eigenvalue weighted by molar-refractivity contribution is 0.0138. The van der Waals surface area contributed by atoms with E-state index in [0.29, 0.717) is 24.2 Å². The zero-order valence-corrected chi connectivity index (χ0v) is 14.0. The second-order valence-corrected chi connectivity index (χ2v) is 6.83. The van der Waals surface area contributed by atoms with E-state index < -0.39 is 5.60 Å². The Morgan fingerprint density at radius 3 is 2.82 bits per heavy atom. The van der Waals surface area contributed by atoms with Crippen LogP contribution in [0.5, 0.6) is 5.88 Å². The van der Waals surface area contributed by atoms with Crippen molar-refractivity contribution < 1.29 is 14.3 Å². The fraction of sp³-hybridized carbons (Fsp3) is 0.667. The summed E-state index contributed by atoms with van der Waals surface area (Å²) in [7, 11) is 0. The predicted octanol–water partition coefficient (Wildman–Crippen LogP) is 3.16. The van der Waals surface area contributed by atoms with Crippen LogP contribution in [0.3, 0.4) is 0 Å². The van der Waals surface area contributed by atoms with E-state index in [1.165, 1.54) is 0 Å². The second-order valence-electron chi connectivity index (χ2n) is 6.44. The molecule has 6 nitrogen and oxygen atoms in total. The molecule has 1 fully saturated rings. The van der Waals surface area contributed by atoms with Crippen LogP contribution < -0.4 is 4.74 Å². The first-order chi connectivity index (χ1) is 10.3. The summed E-state index contributed by atoms with van der Waals surface area (Å²) in [6, 6.07) is 3.32. The Bertz CT molecular complexity index is 502. The Balaban J connectivity index is 1.82. The van der Waals surface area contributed by atoms with Crippen molar-refractivity contribution in [1.29, 1.82) is 0 Å². The minimum atomic E-state index is -0.473. The molecule has 0 saturated carbocycles. The summed E-state index contributed by atoms with van der Waals surface area (Å²) in [5.41, 5.74) is -0.473. The van der Waals surface area contributed by atoms with Crippen LogP contribution in [-0.4, -0.2) is 46.5 Å². The van der Waals surface area contributed by atoms with Crippen molar-refractivity contribution >= 4 is 17.7 Å². The highest BCUT2D eigenvalue weighted by molar-refractivity contribution is 6.29. The number of piperidine rings is 1. The standard InChI is InChI=1S/C15H22ClN3O3/c1-15(2,3)22-14(20)19-8-4-5-11(9-19)10-21-13-7-6-12(16)17-18-13/h6-7,11H,4-5,8-10H2,1-3H3. The Hall–Kier alpha value is -1.56. The van der Waals surface area contributed by atoms with Gasteiger partial charge in [0.1, 0.15) is 5.60 Å². The Morgan fingerprint density at radius 2 is 2.18 bits per heavy atom. The van der Waals surface area contributed by atoms with Gasteiger partial charge in [0, 0.05) is 25.1 Å². The molecule has 0 aliphatic carbocycles. The number of amides is 1. The molecule has 0 spiro atoms. The number of halogens is 1. The van der Waals surface area contributed by atoms with E-state index in [-0.39, 0.29) is 12.0 Å². The molecule has 122 valence electrons. The van der Waals surface area contributed by atoms with Gasteiger partial charge < -0.3 is 14.4 Å². The van der Waals surface area contributed by atoms with Crippen LogP contribution in [0.1, 0.15) is 33.6 Å². The zero-order chi connectivity index (χ0) is 16.2. The Morgan fingerprint density at radius 1 is 1.41 bits per heavy atom. The molecule has 1 atom stereocenters. The van der Waals surface area contributed by atoms with E-state index in [9.17, 15) is 4.79 Å². The highest BCUT2D eigenvalue weighted by Crippen LogP contribution is 2.20. The lowest BCUT2D eigenvalue weighted by Gasteiger charge is -2.33. The van der Waals surface area contributed by atoms with Crippen molar-refractivity contribution in [3.63, 3.8) is 0 Å². The van der Waals surface area contributed by atoms with Crippen LogP contribution in [0.15, 0.2) is 12.1 Å². The van der Waals surface area contributed by atoms with Crippen LogP contribution in [0, 0.1) is 5.92 Å². The molecule has 0 N–H and O–H groups in total. The number of aromatic nitrogens is 2. The molecule has 1 saturated heterocycles. The molecule has 0 aromatic carbocycles. The minimum absolute atomic E-state index is 0.261. The monoisotopic (exact) mass is 327 g/mol. The first kappa shape index (κ1) is 16.8. The molecule has 7 heteroatoms. The van der Waals surface area contributed by atoms with Crippen molar-refractivity contribution in [2.45, 2.75) is 39.2 Å². The van der Waals surface area contributed by atoms with Crippen LogP contribution in [-0.2, 0) is 4.74 Å². The molecule has 2 heterocycles. The van der Waals surface area contributed by atoms with Crippen molar-refractivity contribution in [2.75, 3.05) is 19.7 Å². The van der Waals surface area contributed by atoms with Crippen LogP contribution in [0.2, 0.25) is 5.15 Å². The van der Waals surface area contributed by atoms with Gasteiger partial charge in [0.2, 0.25) is 5.88 Å². The average molecular weight is 328 g/mol. The summed E-state index contributed by atoms with van der Waals surface area (Å²) in [6.45, 7) is 7.47. The van der Waals surface area contributed by atoms with Crippen molar-refractivity contribution in [3.8, 4) is 5.88 Å². The van der Waals surface area contributed by atoms with Gasteiger partial charge in [0.15, 0.2) is 5.15 Å². The van der Waals surface area contributed by atoms with Crippen LogP contribution in [0.4, 0.5) is 4.79 Å². The first-order valence-electron chi connectivity index (χ1n) is 7.43. The van der Waals surface area contributed by atoms with Crippen LogP contribution >= 0.6 is 11.6 Å². The number of carbonyl (C=O) groups is 1. The third-order valence-corrected chi connectivity index (χ3v) is 3.45. The van der Waals surface area contributed by atoms with Gasteiger partial charge in [-0.3, -0.25) is 0 Å². The fourth-order valence-corrected chi connectivity index (χ4v) is 2.38. The maximum Gasteiger partial charge on any atom is 0.410 e. The largest absolute Gasteiger partial charge is 0.476 e. The molecule has 22 heavy (non-hydrogen) atoms. The van der Waals surface area contributed by atoms with E-state index in [4.69, 9.17) is 21.1 Å². The maximum atomic E-state index is 12.1. The third-order valence-electron chi connectivity index (χ3n) is 3.25. The average Bonchev–Trinajstić information content (AvgIpc) is 2.45. The minimum Gasteiger partial charge on any atom is -0.476 e. The highest BCUT2D eigenvalue weighted by Gasteiger charge is 2.27.